The van der Waals surface area contributed by atoms with Crippen LogP contribution in [0.25, 0.3) is 0 Å². The van der Waals surface area contributed by atoms with Gasteiger partial charge in [0.2, 0.25) is 0 Å². The Balaban J connectivity index is 1.13. The predicted molar refractivity (Wildman–Crippen MR) is 128 cm³/mol. The van der Waals surface area contributed by atoms with Gasteiger partial charge in [-0.25, -0.2) is 0 Å². The number of fused-ring (bicyclic) bond motifs is 2. The number of nitrogens with one attached hydrogen (secondary N) is 1. The van der Waals surface area contributed by atoms with Crippen molar-refractivity contribution in [1.29, 1.82) is 0 Å². The highest BCUT2D eigenvalue weighted by Gasteiger charge is 2.49. The Morgan fingerprint density at radius 2 is 1.97 bits per heavy atom. The molecular formula is C27H36N2O2S. The monoisotopic (exact) mass is 452 g/mol. The molecule has 0 amide bonds. The second-order valence-corrected chi connectivity index (χ2v) is 11.7. The van der Waals surface area contributed by atoms with Crippen molar-refractivity contribution in [2.45, 2.75) is 86.7 Å². The summed E-state index contributed by atoms with van der Waals surface area (Å²) in [6.07, 6.45) is 14.5. The molecule has 4 heterocycles. The van der Waals surface area contributed by atoms with Gasteiger partial charge in [0.15, 0.2) is 0 Å². The van der Waals surface area contributed by atoms with Gasteiger partial charge in [-0.15, -0.1) is 11.3 Å². The standard InChI is InChI=1S/C27H36N2O2S/c1-4-14-29-23(6-1)25(13-16-31-27(19-25)10-2-3-11-27)12-15-28-18-22-21-7-17-32-24(21)26(20-30-22)8-5-9-26/h1,4,6-7,14,17,22,28H,2-3,5,8-13,15-16,18-20H2/t22?,25-/m1/s1. The van der Waals surface area contributed by atoms with E-state index in [0.29, 0.717) is 5.41 Å². The Hall–Kier alpha value is -1.27. The largest absolute Gasteiger partial charge is 0.375 e. The summed E-state index contributed by atoms with van der Waals surface area (Å²) in [7, 11) is 0. The molecule has 6 rings (SSSR count). The van der Waals surface area contributed by atoms with Gasteiger partial charge in [0.1, 0.15) is 0 Å². The summed E-state index contributed by atoms with van der Waals surface area (Å²) in [5.41, 5.74) is 3.26. The molecule has 2 spiro atoms. The Kier molecular flexibility index (Phi) is 5.65. The number of hydrogen-bond donors (Lipinski definition) is 1. The van der Waals surface area contributed by atoms with Crippen LogP contribution in [-0.2, 0) is 20.3 Å². The molecule has 2 aromatic rings. The van der Waals surface area contributed by atoms with Gasteiger partial charge in [-0.05, 0) is 80.6 Å². The van der Waals surface area contributed by atoms with Gasteiger partial charge in [-0.2, -0.15) is 0 Å². The first kappa shape index (κ1) is 21.3. The molecular weight excluding hydrogens is 416 g/mol. The van der Waals surface area contributed by atoms with Crippen LogP contribution < -0.4 is 5.32 Å². The van der Waals surface area contributed by atoms with Gasteiger partial charge in [-0.1, -0.05) is 25.3 Å². The van der Waals surface area contributed by atoms with Crippen LogP contribution in [0.2, 0.25) is 0 Å². The summed E-state index contributed by atoms with van der Waals surface area (Å²) < 4.78 is 12.8. The molecule has 32 heavy (non-hydrogen) atoms. The van der Waals surface area contributed by atoms with Crippen molar-refractivity contribution in [3.63, 3.8) is 0 Å². The molecule has 2 saturated carbocycles. The van der Waals surface area contributed by atoms with Crippen LogP contribution in [0.3, 0.4) is 0 Å². The zero-order chi connectivity index (χ0) is 21.5. The number of rotatable bonds is 6. The van der Waals surface area contributed by atoms with Crippen molar-refractivity contribution >= 4 is 11.3 Å². The summed E-state index contributed by atoms with van der Waals surface area (Å²) >= 11 is 1.95. The van der Waals surface area contributed by atoms with Crippen molar-refractivity contribution in [2.75, 3.05) is 26.3 Å². The van der Waals surface area contributed by atoms with E-state index in [9.17, 15) is 0 Å². The highest BCUT2D eigenvalue weighted by Crippen LogP contribution is 2.52. The molecule has 2 aliphatic heterocycles. The third-order valence-electron chi connectivity index (χ3n) is 8.88. The minimum Gasteiger partial charge on any atom is -0.375 e. The summed E-state index contributed by atoms with van der Waals surface area (Å²) in [6.45, 7) is 3.67. The average molecular weight is 453 g/mol. The molecule has 1 saturated heterocycles. The Bertz CT molecular complexity index is 919. The molecule has 0 bridgehead atoms. The Labute approximate surface area is 196 Å². The maximum atomic E-state index is 6.41. The molecule has 1 unspecified atom stereocenters. The zero-order valence-corrected chi connectivity index (χ0v) is 19.9. The molecule has 2 aromatic heterocycles. The fourth-order valence-electron chi connectivity index (χ4n) is 6.92. The summed E-state index contributed by atoms with van der Waals surface area (Å²) in [5.74, 6) is 0. The number of hydrogen-bond acceptors (Lipinski definition) is 5. The Morgan fingerprint density at radius 1 is 1.06 bits per heavy atom. The molecule has 0 radical (unpaired) electrons. The topological polar surface area (TPSA) is 43.4 Å². The summed E-state index contributed by atoms with van der Waals surface area (Å²) in [5, 5.41) is 6.05. The quantitative estimate of drug-likeness (QED) is 0.573. The molecule has 4 nitrogen and oxygen atoms in total. The third kappa shape index (κ3) is 3.66. The lowest BCUT2D eigenvalue weighted by Crippen LogP contribution is -2.48. The first-order valence-electron chi connectivity index (χ1n) is 12.7. The fraction of sp³-hybridized carbons (Fsp3) is 0.667. The number of ether oxygens (including phenoxy) is 2. The van der Waals surface area contributed by atoms with Crippen LogP contribution in [0.5, 0.6) is 0 Å². The second kappa shape index (κ2) is 8.50. The minimum atomic E-state index is 0.0882. The van der Waals surface area contributed by atoms with E-state index in [4.69, 9.17) is 14.5 Å². The minimum absolute atomic E-state index is 0.0882. The molecule has 3 fully saturated rings. The van der Waals surface area contributed by atoms with Gasteiger partial charge in [0.05, 0.1) is 18.3 Å². The zero-order valence-electron chi connectivity index (χ0n) is 19.1. The summed E-state index contributed by atoms with van der Waals surface area (Å²) in [4.78, 5) is 6.46. The maximum Gasteiger partial charge on any atom is 0.0960 e. The van der Waals surface area contributed by atoms with E-state index in [-0.39, 0.29) is 17.1 Å². The van der Waals surface area contributed by atoms with Gasteiger partial charge in [-0.3, -0.25) is 4.98 Å². The molecule has 2 aliphatic carbocycles. The van der Waals surface area contributed by atoms with Crippen LogP contribution in [-0.4, -0.2) is 36.9 Å². The molecule has 1 N–H and O–H groups in total. The van der Waals surface area contributed by atoms with Crippen LogP contribution in [0, 0.1) is 0 Å². The van der Waals surface area contributed by atoms with E-state index in [1.807, 2.05) is 23.6 Å². The van der Waals surface area contributed by atoms with Crippen molar-refractivity contribution in [3.8, 4) is 0 Å². The Morgan fingerprint density at radius 3 is 2.75 bits per heavy atom. The first-order chi connectivity index (χ1) is 15.7. The van der Waals surface area contributed by atoms with Crippen LogP contribution in [0.1, 0.15) is 86.4 Å². The molecule has 4 aliphatic rings. The van der Waals surface area contributed by atoms with Crippen molar-refractivity contribution in [1.82, 2.24) is 10.3 Å². The third-order valence-corrected chi connectivity index (χ3v) is 10.1. The normalized spacial score (nSPS) is 30.3. The maximum absolute atomic E-state index is 6.41. The van der Waals surface area contributed by atoms with Crippen LogP contribution >= 0.6 is 11.3 Å². The van der Waals surface area contributed by atoms with Crippen LogP contribution in [0.4, 0.5) is 0 Å². The van der Waals surface area contributed by atoms with E-state index in [1.54, 1.807) is 4.88 Å². The number of nitrogens with zero attached hydrogens (tertiary/aromatic N) is 1. The lowest BCUT2D eigenvalue weighted by Gasteiger charge is -2.47. The van der Waals surface area contributed by atoms with Crippen LogP contribution in [0.15, 0.2) is 35.8 Å². The molecule has 5 heteroatoms. The molecule has 2 atom stereocenters. The van der Waals surface area contributed by atoms with E-state index in [1.165, 1.54) is 56.2 Å². The average Bonchev–Trinajstić information content (AvgIpc) is 3.47. The highest BCUT2D eigenvalue weighted by molar-refractivity contribution is 7.10. The lowest BCUT2D eigenvalue weighted by molar-refractivity contribution is -0.104. The number of thiophene rings is 1. The van der Waals surface area contributed by atoms with Crippen molar-refractivity contribution in [2.24, 2.45) is 0 Å². The lowest BCUT2D eigenvalue weighted by atomic mass is 9.66. The van der Waals surface area contributed by atoms with E-state index < -0.39 is 0 Å². The van der Waals surface area contributed by atoms with Crippen molar-refractivity contribution in [3.05, 3.63) is 52.0 Å². The fourth-order valence-corrected chi connectivity index (χ4v) is 8.12. The second-order valence-electron chi connectivity index (χ2n) is 10.8. The predicted octanol–water partition coefficient (Wildman–Crippen LogP) is 5.68. The van der Waals surface area contributed by atoms with E-state index in [2.05, 4.69) is 28.9 Å². The van der Waals surface area contributed by atoms with E-state index >= 15 is 0 Å². The van der Waals surface area contributed by atoms with Gasteiger partial charge < -0.3 is 14.8 Å². The number of pyridine rings is 1. The molecule has 0 aromatic carbocycles. The summed E-state index contributed by atoms with van der Waals surface area (Å²) in [6, 6.07) is 8.74. The number of aromatic nitrogens is 1. The van der Waals surface area contributed by atoms with E-state index in [0.717, 1.165) is 45.6 Å². The van der Waals surface area contributed by atoms with Gasteiger partial charge in [0.25, 0.3) is 0 Å². The first-order valence-corrected chi connectivity index (χ1v) is 13.6. The smallest absolute Gasteiger partial charge is 0.0960 e. The van der Waals surface area contributed by atoms with Gasteiger partial charge >= 0.3 is 0 Å². The molecule has 172 valence electrons. The SMILES string of the molecule is c1ccc([C@]2(CCNCC3OCC4(CCC4)c4sccc43)CCOC3(CCCC3)C2)nc1. The highest BCUT2D eigenvalue weighted by atomic mass is 32.1. The van der Waals surface area contributed by atoms with Crippen molar-refractivity contribution < 1.29 is 9.47 Å². The van der Waals surface area contributed by atoms with Gasteiger partial charge in [0, 0.05) is 40.7 Å².